The Kier molecular flexibility index (Phi) is 6.31. The highest BCUT2D eigenvalue weighted by molar-refractivity contribution is 8.00. The van der Waals surface area contributed by atoms with Crippen LogP contribution in [0.15, 0.2) is 58.2 Å². The summed E-state index contributed by atoms with van der Waals surface area (Å²) in [7, 11) is 0. The van der Waals surface area contributed by atoms with Gasteiger partial charge in [0.15, 0.2) is 6.61 Å². The molecule has 1 heterocycles. The number of carbonyl (C=O) groups is 1. The van der Waals surface area contributed by atoms with Crippen LogP contribution in [0.4, 0.5) is 10.1 Å². The number of amides is 1. The lowest BCUT2D eigenvalue weighted by Crippen LogP contribution is -2.22. The predicted octanol–water partition coefficient (Wildman–Crippen LogP) is 4.56. The summed E-state index contributed by atoms with van der Waals surface area (Å²) in [6.07, 6.45) is 0. The highest BCUT2D eigenvalue weighted by Crippen LogP contribution is 2.24. The van der Waals surface area contributed by atoms with E-state index in [2.05, 4.69) is 15.5 Å². The van der Waals surface area contributed by atoms with Crippen LogP contribution >= 0.6 is 23.4 Å². The molecule has 0 radical (unpaired) electrons. The number of nitrogens with zero attached hydrogens (tertiary/aromatic N) is 2. The van der Waals surface area contributed by atoms with Crippen molar-refractivity contribution in [2.75, 3.05) is 5.32 Å². The number of hydrogen-bond acceptors (Lipinski definition) is 6. The number of halogens is 2. The van der Waals surface area contributed by atoms with Gasteiger partial charge in [-0.2, -0.15) is 0 Å². The summed E-state index contributed by atoms with van der Waals surface area (Å²) in [5.41, 5.74) is 0.649. The van der Waals surface area contributed by atoms with Crippen molar-refractivity contribution in [1.29, 1.82) is 0 Å². The maximum atomic E-state index is 12.9. The second kappa shape index (κ2) is 8.88. The molecule has 0 aliphatic rings. The Morgan fingerprint density at radius 1 is 1.22 bits per heavy atom. The first-order valence-electron chi connectivity index (χ1n) is 7.93. The average Bonchev–Trinajstić information content (AvgIpc) is 3.10. The van der Waals surface area contributed by atoms with Crippen LogP contribution in [0.3, 0.4) is 0 Å². The number of benzene rings is 2. The maximum absolute atomic E-state index is 12.9. The Morgan fingerprint density at radius 2 is 1.93 bits per heavy atom. The van der Waals surface area contributed by atoms with Crippen molar-refractivity contribution >= 4 is 35.0 Å². The van der Waals surface area contributed by atoms with Crippen LogP contribution in [-0.4, -0.2) is 21.4 Å². The number of carbonyl (C=O) groups excluding carboxylic acids is 1. The molecule has 0 saturated carbocycles. The standard InChI is InChI=1S/C18H15ClFN3O3S/c1-11(17(24)21-14-6-2-12(19)3-7-14)27-18-23-22-16(26-18)10-25-15-8-4-13(20)5-9-15/h2-9,11H,10H2,1H3,(H,21,24). The number of anilines is 1. The van der Waals surface area contributed by atoms with E-state index in [0.717, 1.165) is 11.8 Å². The molecule has 1 amide bonds. The van der Waals surface area contributed by atoms with E-state index in [0.29, 0.717) is 16.5 Å². The zero-order chi connectivity index (χ0) is 19.2. The van der Waals surface area contributed by atoms with Crippen molar-refractivity contribution in [3.05, 3.63) is 65.3 Å². The molecular weight excluding hydrogens is 393 g/mol. The van der Waals surface area contributed by atoms with Gasteiger partial charge in [0.05, 0.1) is 5.25 Å². The molecule has 9 heteroatoms. The zero-order valence-corrected chi connectivity index (χ0v) is 15.8. The number of thioether (sulfide) groups is 1. The molecule has 0 aliphatic heterocycles. The molecule has 140 valence electrons. The van der Waals surface area contributed by atoms with Gasteiger partial charge in [-0.1, -0.05) is 23.4 Å². The fourth-order valence-electron chi connectivity index (χ4n) is 2.00. The maximum Gasteiger partial charge on any atom is 0.277 e. The normalized spacial score (nSPS) is 11.8. The second-order valence-electron chi connectivity index (χ2n) is 5.46. The van der Waals surface area contributed by atoms with E-state index in [-0.39, 0.29) is 29.4 Å². The van der Waals surface area contributed by atoms with Gasteiger partial charge < -0.3 is 14.5 Å². The zero-order valence-electron chi connectivity index (χ0n) is 14.2. The number of rotatable bonds is 7. The molecule has 3 rings (SSSR count). The number of aromatic nitrogens is 2. The summed E-state index contributed by atoms with van der Waals surface area (Å²) in [5, 5.41) is 10.9. The van der Waals surface area contributed by atoms with E-state index in [1.54, 1.807) is 31.2 Å². The van der Waals surface area contributed by atoms with Crippen molar-refractivity contribution < 1.29 is 18.3 Å². The van der Waals surface area contributed by atoms with E-state index in [1.807, 2.05) is 0 Å². The quantitative estimate of drug-likeness (QED) is 0.578. The molecule has 1 aromatic heterocycles. The third-order valence-corrected chi connectivity index (χ3v) is 4.57. The fourth-order valence-corrected chi connectivity index (χ4v) is 2.83. The molecule has 1 atom stereocenters. The summed E-state index contributed by atoms with van der Waals surface area (Å²) in [4.78, 5) is 12.2. The van der Waals surface area contributed by atoms with Crippen LogP contribution in [0.5, 0.6) is 5.75 Å². The molecule has 3 aromatic rings. The second-order valence-corrected chi connectivity index (χ2v) is 7.19. The minimum absolute atomic E-state index is 0.0462. The van der Waals surface area contributed by atoms with Gasteiger partial charge in [-0.05, 0) is 55.5 Å². The Bertz CT molecular complexity index is 903. The van der Waals surface area contributed by atoms with Gasteiger partial charge in [-0.3, -0.25) is 4.79 Å². The molecule has 1 N–H and O–H groups in total. The molecular formula is C18H15ClFN3O3S. The number of ether oxygens (including phenoxy) is 1. The van der Waals surface area contributed by atoms with Gasteiger partial charge in [0.25, 0.3) is 11.1 Å². The summed E-state index contributed by atoms with van der Waals surface area (Å²) >= 11 is 6.96. The molecule has 0 saturated heterocycles. The first-order chi connectivity index (χ1) is 13.0. The molecule has 6 nitrogen and oxygen atoms in total. The third-order valence-electron chi connectivity index (χ3n) is 3.38. The smallest absolute Gasteiger partial charge is 0.277 e. The molecule has 0 aliphatic carbocycles. The SMILES string of the molecule is CC(Sc1nnc(COc2ccc(F)cc2)o1)C(=O)Nc1ccc(Cl)cc1. The Labute approximate surface area is 164 Å². The number of hydrogen-bond donors (Lipinski definition) is 1. The first kappa shape index (κ1) is 19.2. The lowest BCUT2D eigenvalue weighted by molar-refractivity contribution is -0.115. The molecule has 1 unspecified atom stereocenters. The average molecular weight is 408 g/mol. The van der Waals surface area contributed by atoms with Gasteiger partial charge >= 0.3 is 0 Å². The lowest BCUT2D eigenvalue weighted by Gasteiger charge is -2.09. The lowest BCUT2D eigenvalue weighted by atomic mass is 10.3. The number of nitrogens with one attached hydrogen (secondary N) is 1. The van der Waals surface area contributed by atoms with Gasteiger partial charge in [0.2, 0.25) is 5.91 Å². The monoisotopic (exact) mass is 407 g/mol. The topological polar surface area (TPSA) is 77.2 Å². The van der Waals surface area contributed by atoms with Gasteiger partial charge in [0, 0.05) is 10.7 Å². The molecule has 0 fully saturated rings. The van der Waals surface area contributed by atoms with Crippen LogP contribution in [0.25, 0.3) is 0 Å². The summed E-state index contributed by atoms with van der Waals surface area (Å²) in [6, 6.07) is 12.4. The molecule has 0 spiro atoms. The summed E-state index contributed by atoms with van der Waals surface area (Å²) in [5.74, 6) is 0.195. The summed E-state index contributed by atoms with van der Waals surface area (Å²) in [6.45, 7) is 1.78. The van der Waals surface area contributed by atoms with Crippen molar-refractivity contribution in [3.63, 3.8) is 0 Å². The minimum Gasteiger partial charge on any atom is -0.484 e. The highest BCUT2D eigenvalue weighted by Gasteiger charge is 2.18. The van der Waals surface area contributed by atoms with E-state index in [1.165, 1.54) is 24.3 Å². The van der Waals surface area contributed by atoms with Crippen LogP contribution < -0.4 is 10.1 Å². The molecule has 2 aromatic carbocycles. The first-order valence-corrected chi connectivity index (χ1v) is 9.19. The molecule has 0 bridgehead atoms. The van der Waals surface area contributed by atoms with E-state index in [9.17, 15) is 9.18 Å². The highest BCUT2D eigenvalue weighted by atomic mass is 35.5. The van der Waals surface area contributed by atoms with Crippen molar-refractivity contribution in [1.82, 2.24) is 10.2 Å². The Balaban J connectivity index is 1.50. The fraction of sp³-hybridized carbons (Fsp3) is 0.167. The van der Waals surface area contributed by atoms with Crippen LogP contribution in [0.2, 0.25) is 5.02 Å². The van der Waals surface area contributed by atoms with Gasteiger partial charge in [-0.25, -0.2) is 4.39 Å². The largest absolute Gasteiger partial charge is 0.484 e. The molecule has 27 heavy (non-hydrogen) atoms. The van der Waals surface area contributed by atoms with Crippen molar-refractivity contribution in [2.24, 2.45) is 0 Å². The van der Waals surface area contributed by atoms with Gasteiger partial charge in [0.1, 0.15) is 11.6 Å². The van der Waals surface area contributed by atoms with E-state index in [4.69, 9.17) is 20.8 Å². The Morgan fingerprint density at radius 3 is 2.63 bits per heavy atom. The third kappa shape index (κ3) is 5.70. The van der Waals surface area contributed by atoms with E-state index < -0.39 is 5.25 Å². The van der Waals surface area contributed by atoms with Crippen LogP contribution in [0.1, 0.15) is 12.8 Å². The minimum atomic E-state index is -0.452. The van der Waals surface area contributed by atoms with Gasteiger partial charge in [-0.15, -0.1) is 10.2 Å². The van der Waals surface area contributed by atoms with Crippen LogP contribution in [-0.2, 0) is 11.4 Å². The van der Waals surface area contributed by atoms with Crippen LogP contribution in [0, 0.1) is 5.82 Å². The van der Waals surface area contributed by atoms with E-state index >= 15 is 0 Å². The summed E-state index contributed by atoms with van der Waals surface area (Å²) < 4.78 is 23.8. The van der Waals surface area contributed by atoms with Crippen molar-refractivity contribution in [2.45, 2.75) is 24.0 Å². The predicted molar refractivity (Wildman–Crippen MR) is 100 cm³/mol. The Hall–Kier alpha value is -2.58. The van der Waals surface area contributed by atoms with Crippen molar-refractivity contribution in [3.8, 4) is 5.75 Å².